The van der Waals surface area contributed by atoms with Crippen LogP contribution in [-0.2, 0) is 9.09 Å². The monoisotopic (exact) mass is 234 g/mol. The molecular formula is C10H19O4P. The summed E-state index contributed by atoms with van der Waals surface area (Å²) in [6.45, 7) is 7.41. The van der Waals surface area contributed by atoms with Crippen LogP contribution in [0.3, 0.4) is 0 Å². The predicted octanol–water partition coefficient (Wildman–Crippen LogP) is 2.64. The molecule has 0 aromatic carbocycles. The molecule has 0 saturated carbocycles. The van der Waals surface area contributed by atoms with Crippen LogP contribution in [-0.4, -0.2) is 16.4 Å². The van der Waals surface area contributed by atoms with Gasteiger partial charge in [0, 0.05) is 0 Å². The van der Waals surface area contributed by atoms with Crippen molar-refractivity contribution in [3.63, 3.8) is 0 Å². The van der Waals surface area contributed by atoms with Gasteiger partial charge in [0.2, 0.25) is 0 Å². The number of allylic oxidation sites excluding steroid dienone is 2. The van der Waals surface area contributed by atoms with E-state index in [9.17, 15) is 4.57 Å². The molecule has 0 aromatic rings. The van der Waals surface area contributed by atoms with Crippen molar-refractivity contribution in [2.45, 2.75) is 25.7 Å². The first-order chi connectivity index (χ1) is 6.99. The molecule has 0 aliphatic heterocycles. The number of hydrogen-bond donors (Lipinski definition) is 2. The van der Waals surface area contributed by atoms with E-state index in [1.807, 2.05) is 12.2 Å². The minimum atomic E-state index is -4.30. The molecule has 0 unspecified atom stereocenters. The lowest BCUT2D eigenvalue weighted by molar-refractivity contribution is 0.190. The van der Waals surface area contributed by atoms with E-state index in [-0.39, 0.29) is 6.61 Å². The van der Waals surface area contributed by atoms with Gasteiger partial charge in [0.25, 0.3) is 0 Å². The molecule has 0 atom stereocenters. The average molecular weight is 234 g/mol. The maximum absolute atomic E-state index is 10.4. The van der Waals surface area contributed by atoms with Gasteiger partial charge in [-0.1, -0.05) is 12.2 Å². The highest BCUT2D eigenvalue weighted by Crippen LogP contribution is 2.36. The molecule has 0 aliphatic carbocycles. The smallest absolute Gasteiger partial charge is 0.303 e. The van der Waals surface area contributed by atoms with E-state index in [0.29, 0.717) is 12.3 Å². The lowest BCUT2D eigenvalue weighted by atomic mass is 9.96. The van der Waals surface area contributed by atoms with Crippen LogP contribution in [0, 0.1) is 5.92 Å². The summed E-state index contributed by atoms with van der Waals surface area (Å²) in [4.78, 5) is 16.9. The van der Waals surface area contributed by atoms with Gasteiger partial charge >= 0.3 is 7.82 Å². The van der Waals surface area contributed by atoms with Crippen molar-refractivity contribution in [1.29, 1.82) is 0 Å². The molecule has 0 bridgehead atoms. The fourth-order valence-corrected chi connectivity index (χ4v) is 1.73. The number of phosphoric ester groups is 1. The molecule has 0 heterocycles. The third kappa shape index (κ3) is 9.88. The van der Waals surface area contributed by atoms with E-state index in [2.05, 4.69) is 17.7 Å². The van der Waals surface area contributed by atoms with Crippen LogP contribution in [0.25, 0.3) is 0 Å². The fourth-order valence-electron chi connectivity index (χ4n) is 1.36. The largest absolute Gasteiger partial charge is 0.469 e. The molecule has 0 rings (SSSR count). The van der Waals surface area contributed by atoms with Crippen molar-refractivity contribution in [2.75, 3.05) is 6.61 Å². The van der Waals surface area contributed by atoms with E-state index in [0.717, 1.165) is 19.3 Å². The van der Waals surface area contributed by atoms with E-state index < -0.39 is 7.82 Å². The molecule has 0 aromatic heterocycles. The first-order valence-corrected chi connectivity index (χ1v) is 6.44. The van der Waals surface area contributed by atoms with Crippen molar-refractivity contribution in [3.05, 3.63) is 25.3 Å². The standard InChI is InChI=1S/C10H19O4P/c1-3-6-10(7-4-2)8-5-9-14-15(11,12)13/h3-4,10H,1-2,5-9H2,(H2,11,12,13). The lowest BCUT2D eigenvalue weighted by Crippen LogP contribution is -2.01. The van der Waals surface area contributed by atoms with Gasteiger partial charge in [0.15, 0.2) is 0 Å². The van der Waals surface area contributed by atoms with Crippen LogP contribution in [0.2, 0.25) is 0 Å². The van der Waals surface area contributed by atoms with Gasteiger partial charge in [-0.05, 0) is 31.6 Å². The zero-order valence-corrected chi connectivity index (χ0v) is 9.73. The summed E-state index contributed by atoms with van der Waals surface area (Å²) in [5, 5.41) is 0. The van der Waals surface area contributed by atoms with E-state index >= 15 is 0 Å². The second-order valence-electron chi connectivity index (χ2n) is 3.38. The maximum atomic E-state index is 10.4. The van der Waals surface area contributed by atoms with Crippen molar-refractivity contribution < 1.29 is 18.9 Å². The molecule has 15 heavy (non-hydrogen) atoms. The number of rotatable bonds is 9. The topological polar surface area (TPSA) is 66.8 Å². The van der Waals surface area contributed by atoms with Gasteiger partial charge in [0.1, 0.15) is 0 Å². The summed E-state index contributed by atoms with van der Waals surface area (Å²) < 4.78 is 14.7. The molecule has 0 radical (unpaired) electrons. The molecule has 0 amide bonds. The Morgan fingerprint density at radius 2 is 1.80 bits per heavy atom. The Balaban J connectivity index is 3.65. The van der Waals surface area contributed by atoms with Crippen LogP contribution in [0.4, 0.5) is 0 Å². The van der Waals surface area contributed by atoms with Gasteiger partial charge < -0.3 is 9.79 Å². The summed E-state index contributed by atoms with van der Waals surface area (Å²) in [6, 6.07) is 0. The maximum Gasteiger partial charge on any atom is 0.469 e. The van der Waals surface area contributed by atoms with Crippen LogP contribution in [0.15, 0.2) is 25.3 Å². The Labute approximate surface area is 90.9 Å². The molecule has 0 saturated heterocycles. The van der Waals surface area contributed by atoms with Gasteiger partial charge in [-0.2, -0.15) is 0 Å². The predicted molar refractivity (Wildman–Crippen MR) is 60.3 cm³/mol. The number of hydrogen-bond acceptors (Lipinski definition) is 2. The fraction of sp³-hybridized carbons (Fsp3) is 0.600. The van der Waals surface area contributed by atoms with E-state index in [4.69, 9.17) is 9.79 Å². The van der Waals surface area contributed by atoms with Crippen LogP contribution < -0.4 is 0 Å². The van der Waals surface area contributed by atoms with Gasteiger partial charge in [-0.15, -0.1) is 13.2 Å². The van der Waals surface area contributed by atoms with Crippen molar-refractivity contribution >= 4 is 7.82 Å². The Kier molecular flexibility index (Phi) is 7.61. The SMILES string of the molecule is C=CCC(CC=C)CCCOP(=O)(O)O. The van der Waals surface area contributed by atoms with Crippen LogP contribution in [0.5, 0.6) is 0 Å². The molecular weight excluding hydrogens is 215 g/mol. The Morgan fingerprint density at radius 1 is 1.27 bits per heavy atom. The summed E-state index contributed by atoms with van der Waals surface area (Å²) in [5.41, 5.74) is 0. The molecule has 0 spiro atoms. The van der Waals surface area contributed by atoms with Crippen molar-refractivity contribution in [3.8, 4) is 0 Å². The Hall–Kier alpha value is -0.410. The Morgan fingerprint density at radius 3 is 2.20 bits per heavy atom. The minimum absolute atomic E-state index is 0.0923. The summed E-state index contributed by atoms with van der Waals surface area (Å²) in [7, 11) is -4.30. The summed E-state index contributed by atoms with van der Waals surface area (Å²) in [5.74, 6) is 0.445. The third-order valence-corrected chi connectivity index (χ3v) is 2.54. The average Bonchev–Trinajstić information content (AvgIpc) is 2.11. The minimum Gasteiger partial charge on any atom is -0.303 e. The van der Waals surface area contributed by atoms with Crippen LogP contribution in [0.1, 0.15) is 25.7 Å². The third-order valence-electron chi connectivity index (χ3n) is 2.02. The van der Waals surface area contributed by atoms with Gasteiger partial charge in [-0.3, -0.25) is 4.52 Å². The molecule has 0 aliphatic rings. The lowest BCUT2D eigenvalue weighted by Gasteiger charge is -2.12. The second-order valence-corrected chi connectivity index (χ2v) is 4.62. The first-order valence-electron chi connectivity index (χ1n) is 4.91. The second kappa shape index (κ2) is 7.83. The molecule has 2 N–H and O–H groups in total. The molecule has 4 nitrogen and oxygen atoms in total. The number of phosphoric acid groups is 1. The molecule has 0 fully saturated rings. The first kappa shape index (κ1) is 14.6. The summed E-state index contributed by atoms with van der Waals surface area (Å²) >= 11 is 0. The van der Waals surface area contributed by atoms with E-state index in [1.165, 1.54) is 0 Å². The highest BCUT2D eigenvalue weighted by Gasteiger charge is 2.13. The molecule has 5 heteroatoms. The van der Waals surface area contributed by atoms with Crippen molar-refractivity contribution in [2.24, 2.45) is 5.92 Å². The highest BCUT2D eigenvalue weighted by atomic mass is 31.2. The van der Waals surface area contributed by atoms with Crippen molar-refractivity contribution in [1.82, 2.24) is 0 Å². The quantitative estimate of drug-likeness (QED) is 0.365. The zero-order valence-electron chi connectivity index (χ0n) is 8.84. The van der Waals surface area contributed by atoms with Crippen LogP contribution >= 0.6 is 7.82 Å². The van der Waals surface area contributed by atoms with Gasteiger partial charge in [0.05, 0.1) is 6.61 Å². The Bertz CT molecular complexity index is 224. The highest BCUT2D eigenvalue weighted by molar-refractivity contribution is 7.46. The van der Waals surface area contributed by atoms with Gasteiger partial charge in [-0.25, -0.2) is 4.57 Å². The van der Waals surface area contributed by atoms with E-state index in [1.54, 1.807) is 0 Å². The summed E-state index contributed by atoms with van der Waals surface area (Å²) in [6.07, 6.45) is 6.97. The molecule has 88 valence electrons. The zero-order chi connectivity index (χ0) is 11.7. The normalized spacial score (nSPS) is 11.7.